The van der Waals surface area contributed by atoms with Crippen molar-refractivity contribution in [2.45, 2.75) is 123 Å². The average molecular weight is 892 g/mol. The Labute approximate surface area is 377 Å². The summed E-state index contributed by atoms with van der Waals surface area (Å²) in [5.41, 5.74) is 0.876. The van der Waals surface area contributed by atoms with E-state index in [1.165, 1.54) is 7.11 Å². The largest absolute Gasteiger partial charge is 0.379 e. The molecule has 1 aliphatic heterocycles. The number of likely N-dealkylation sites (N-methyl/N-ethyl adjacent to an activating group) is 2. The molecule has 360 valence electrons. The minimum atomic E-state index is -0.881. The van der Waals surface area contributed by atoms with E-state index in [9.17, 15) is 24.0 Å². The number of nitrogens with zero attached hydrogens (tertiary/aromatic N) is 3. The van der Waals surface area contributed by atoms with Crippen LogP contribution in [0.25, 0.3) is 0 Å². The van der Waals surface area contributed by atoms with E-state index < -0.39 is 48.3 Å². The average Bonchev–Trinajstić information content (AvgIpc) is 3.73. The van der Waals surface area contributed by atoms with Crippen LogP contribution in [0.15, 0.2) is 30.3 Å². The minimum Gasteiger partial charge on any atom is -0.379 e. The quantitative estimate of drug-likeness (QED) is 0.0650. The molecule has 63 heavy (non-hydrogen) atoms. The highest BCUT2D eigenvalue weighted by Crippen LogP contribution is 2.30. The molecule has 5 N–H and O–H groups in total. The van der Waals surface area contributed by atoms with Gasteiger partial charge in [-0.05, 0) is 50.3 Å². The van der Waals surface area contributed by atoms with E-state index in [1.807, 2.05) is 90.9 Å². The zero-order valence-electron chi connectivity index (χ0n) is 40.2. The Morgan fingerprint density at radius 2 is 1.46 bits per heavy atom. The number of nitrogens with one attached hydrogen (secondary N) is 3. The monoisotopic (exact) mass is 892 g/mol. The van der Waals surface area contributed by atoms with E-state index >= 15 is 0 Å². The molecule has 0 bridgehead atoms. The molecule has 1 aliphatic rings. The zero-order chi connectivity index (χ0) is 47.2. The van der Waals surface area contributed by atoms with Crippen molar-refractivity contribution in [3.05, 3.63) is 35.9 Å². The predicted molar refractivity (Wildman–Crippen MR) is 242 cm³/mol. The van der Waals surface area contributed by atoms with Gasteiger partial charge in [-0.3, -0.25) is 28.9 Å². The molecule has 0 aliphatic carbocycles. The van der Waals surface area contributed by atoms with Gasteiger partial charge >= 0.3 is 0 Å². The van der Waals surface area contributed by atoms with Crippen LogP contribution in [0.5, 0.6) is 0 Å². The summed E-state index contributed by atoms with van der Waals surface area (Å²) in [4.78, 5) is 79.5. The summed E-state index contributed by atoms with van der Waals surface area (Å²) in [6, 6.07) is 6.46. The number of amides is 5. The first kappa shape index (κ1) is 55.4. The second kappa shape index (κ2) is 29.0. The number of carbonyl (C=O) groups excluding carboxylic acids is 5. The van der Waals surface area contributed by atoms with Gasteiger partial charge in [-0.15, -0.1) is 0 Å². The van der Waals surface area contributed by atoms with Gasteiger partial charge in [0.05, 0.1) is 75.7 Å². The fraction of sp³-hybridized carbons (Fsp3) is 0.761. The number of hydrogen-bond donors (Lipinski definition) is 4. The van der Waals surface area contributed by atoms with E-state index in [-0.39, 0.29) is 79.9 Å². The van der Waals surface area contributed by atoms with Crippen molar-refractivity contribution < 1.29 is 47.8 Å². The third-order valence-corrected chi connectivity index (χ3v) is 12.1. The maximum Gasteiger partial charge on any atom is 0.245 e. The molecule has 9 atom stereocenters. The van der Waals surface area contributed by atoms with Crippen LogP contribution in [0.4, 0.5) is 0 Å². The Kier molecular flexibility index (Phi) is 25.5. The molecular formula is C46H81N7O10. The fourth-order valence-electron chi connectivity index (χ4n) is 8.57. The lowest BCUT2D eigenvalue weighted by molar-refractivity contribution is -0.148. The fourth-order valence-corrected chi connectivity index (χ4v) is 8.57. The summed E-state index contributed by atoms with van der Waals surface area (Å²) in [5.74, 6) is 2.68. The van der Waals surface area contributed by atoms with Crippen molar-refractivity contribution in [3.8, 4) is 0 Å². The Bertz CT molecular complexity index is 1510. The molecule has 1 saturated heterocycles. The van der Waals surface area contributed by atoms with Crippen molar-refractivity contribution in [3.63, 3.8) is 0 Å². The lowest BCUT2D eigenvalue weighted by Gasteiger charge is -2.41. The summed E-state index contributed by atoms with van der Waals surface area (Å²) in [6.07, 6.45) is 0.967. The lowest BCUT2D eigenvalue weighted by Crippen LogP contribution is -2.59. The predicted octanol–water partition coefficient (Wildman–Crippen LogP) is 2.40. The molecule has 17 nitrogen and oxygen atoms in total. The van der Waals surface area contributed by atoms with Crippen molar-refractivity contribution >= 4 is 29.5 Å². The molecule has 1 fully saturated rings. The number of likely N-dealkylation sites (tertiary alicyclic amines) is 1. The van der Waals surface area contributed by atoms with Gasteiger partial charge < -0.3 is 49.5 Å². The standard InChI is InChI=1S/C46H81N7O10/c1-13-32(6)41(52(10)46(58)39(30(2)3)50-45(57)40(31(4)5)51(8)9)37(59-11)29-38(54)53-22-17-20-36(53)42(60-12)33(7)43(55)49-35(28-34-18-15-14-16-19-34)44(56)48-21-23-61-24-25-62-26-27-63-47/h14-16,18-19,30-33,35-37,39-42H,13,17,20-29,47H2,1-12H3,(H,48,56)(H,49,55)(H,50,57)/t32-,33+,35?,36?,37+,39?,40?,41?,42+/m1/s1. The molecular weight excluding hydrogens is 811 g/mol. The SMILES string of the molecule is CC[C@@H](C)C([C@H](CC(=O)N1CCCC1[C@@H](OC)[C@H](C)C(=O)NC(Cc1ccccc1)C(=O)NCCOCCOCCON)OC)N(C)C(=O)C(NC(=O)C(C(C)C)N(C)C)C(C)C. The molecule has 0 radical (unpaired) electrons. The third kappa shape index (κ3) is 17.3. The zero-order valence-corrected chi connectivity index (χ0v) is 40.2. The van der Waals surface area contributed by atoms with Crippen LogP contribution in [0.3, 0.4) is 0 Å². The number of methoxy groups -OCH3 is 2. The summed E-state index contributed by atoms with van der Waals surface area (Å²) in [7, 11) is 8.51. The molecule has 5 unspecified atom stereocenters. The van der Waals surface area contributed by atoms with Crippen LogP contribution in [-0.2, 0) is 54.2 Å². The summed E-state index contributed by atoms with van der Waals surface area (Å²) < 4.78 is 23.0. The number of rotatable bonds is 30. The summed E-state index contributed by atoms with van der Waals surface area (Å²) >= 11 is 0. The first-order valence-electron chi connectivity index (χ1n) is 22.6. The molecule has 1 heterocycles. The van der Waals surface area contributed by atoms with Crippen molar-refractivity contribution in [1.29, 1.82) is 0 Å². The molecule has 5 amide bonds. The Morgan fingerprint density at radius 3 is 2.02 bits per heavy atom. The van der Waals surface area contributed by atoms with Gasteiger partial charge in [0.25, 0.3) is 0 Å². The van der Waals surface area contributed by atoms with Crippen LogP contribution in [0.1, 0.15) is 79.7 Å². The van der Waals surface area contributed by atoms with Crippen LogP contribution in [0, 0.1) is 23.7 Å². The first-order chi connectivity index (χ1) is 29.9. The molecule has 0 spiro atoms. The van der Waals surface area contributed by atoms with Gasteiger partial charge in [0.15, 0.2) is 0 Å². The van der Waals surface area contributed by atoms with Gasteiger partial charge in [-0.2, -0.15) is 0 Å². The third-order valence-electron chi connectivity index (χ3n) is 12.1. The topological polar surface area (TPSA) is 203 Å². The smallest absolute Gasteiger partial charge is 0.245 e. The van der Waals surface area contributed by atoms with Crippen LogP contribution in [-0.4, -0.2) is 168 Å². The maximum absolute atomic E-state index is 14.4. The molecule has 1 aromatic rings. The molecule has 2 rings (SSSR count). The van der Waals surface area contributed by atoms with Crippen LogP contribution >= 0.6 is 0 Å². The van der Waals surface area contributed by atoms with Crippen molar-refractivity contribution in [2.75, 3.05) is 81.5 Å². The number of benzene rings is 1. The second-order valence-corrected chi connectivity index (χ2v) is 17.6. The second-order valence-electron chi connectivity index (χ2n) is 17.6. The maximum atomic E-state index is 14.4. The Hall–Kier alpha value is -3.71. The first-order valence-corrected chi connectivity index (χ1v) is 22.6. The van der Waals surface area contributed by atoms with Gasteiger partial charge in [0.2, 0.25) is 29.5 Å². The van der Waals surface area contributed by atoms with E-state index in [0.717, 1.165) is 12.0 Å². The summed E-state index contributed by atoms with van der Waals surface area (Å²) in [5, 5.41) is 8.88. The van der Waals surface area contributed by atoms with Gasteiger partial charge in [0, 0.05) is 40.8 Å². The summed E-state index contributed by atoms with van der Waals surface area (Å²) in [6.45, 7) is 15.9. The number of hydrogen-bond acceptors (Lipinski definition) is 12. The van der Waals surface area contributed by atoms with Gasteiger partial charge in [0.1, 0.15) is 12.1 Å². The van der Waals surface area contributed by atoms with Crippen molar-refractivity contribution in [1.82, 2.24) is 30.7 Å². The van der Waals surface area contributed by atoms with Gasteiger partial charge in [-0.1, -0.05) is 85.2 Å². The molecule has 17 heteroatoms. The minimum absolute atomic E-state index is 0.00923. The Balaban J connectivity index is 2.23. The van der Waals surface area contributed by atoms with E-state index in [2.05, 4.69) is 20.8 Å². The molecule has 0 aromatic heterocycles. The molecule has 0 saturated carbocycles. The van der Waals surface area contributed by atoms with E-state index in [0.29, 0.717) is 39.2 Å². The number of nitrogens with two attached hydrogens (primary N) is 1. The van der Waals surface area contributed by atoms with Crippen molar-refractivity contribution in [2.24, 2.45) is 29.6 Å². The molecule has 1 aromatic carbocycles. The van der Waals surface area contributed by atoms with Gasteiger partial charge in [-0.25, -0.2) is 5.90 Å². The lowest BCUT2D eigenvalue weighted by atomic mass is 9.89. The van der Waals surface area contributed by atoms with Crippen LogP contribution in [0.2, 0.25) is 0 Å². The van der Waals surface area contributed by atoms with E-state index in [4.69, 9.17) is 24.8 Å². The Morgan fingerprint density at radius 1 is 0.825 bits per heavy atom. The van der Waals surface area contributed by atoms with Crippen LogP contribution < -0.4 is 21.8 Å². The highest BCUT2D eigenvalue weighted by molar-refractivity contribution is 5.90. The highest BCUT2D eigenvalue weighted by Gasteiger charge is 2.43. The number of ether oxygens (including phenoxy) is 4. The number of carbonyl (C=O) groups is 5. The van der Waals surface area contributed by atoms with E-state index in [1.54, 1.807) is 30.9 Å². The normalized spacial score (nSPS) is 18.0. The highest BCUT2D eigenvalue weighted by atomic mass is 16.6.